The summed E-state index contributed by atoms with van der Waals surface area (Å²) in [6, 6.07) is 6.67. The third-order valence-corrected chi connectivity index (χ3v) is 4.47. The normalized spacial score (nSPS) is 15.7. The van der Waals surface area contributed by atoms with Crippen molar-refractivity contribution in [3.8, 4) is 0 Å². The van der Waals surface area contributed by atoms with Crippen LogP contribution >= 0.6 is 0 Å². The Morgan fingerprint density at radius 3 is 2.91 bits per heavy atom. The van der Waals surface area contributed by atoms with E-state index in [1.807, 2.05) is 0 Å². The van der Waals surface area contributed by atoms with E-state index in [-0.39, 0.29) is 12.1 Å². The van der Waals surface area contributed by atoms with Gasteiger partial charge in [-0.3, -0.25) is 0 Å². The maximum atomic E-state index is 11.9. The highest BCUT2D eigenvalue weighted by molar-refractivity contribution is 5.84. The summed E-state index contributed by atoms with van der Waals surface area (Å²) in [5.74, 6) is 0. The van der Waals surface area contributed by atoms with Gasteiger partial charge in [-0.1, -0.05) is 12.1 Å². The monoisotopic (exact) mass is 315 g/mol. The van der Waals surface area contributed by atoms with Crippen molar-refractivity contribution in [1.82, 2.24) is 15.2 Å². The second-order valence-electron chi connectivity index (χ2n) is 6.32. The molecule has 1 aliphatic rings. The number of ether oxygens (including phenoxy) is 1. The molecule has 0 radical (unpaired) electrons. The predicted octanol–water partition coefficient (Wildman–Crippen LogP) is 2.51. The van der Waals surface area contributed by atoms with E-state index in [0.717, 1.165) is 32.5 Å². The van der Waals surface area contributed by atoms with Crippen LogP contribution in [0.15, 0.2) is 24.4 Å². The van der Waals surface area contributed by atoms with E-state index in [1.165, 1.54) is 22.0 Å². The summed E-state index contributed by atoms with van der Waals surface area (Å²) < 4.78 is 7.45. The van der Waals surface area contributed by atoms with E-state index in [1.54, 1.807) is 0 Å². The molecule has 0 atom stereocenters. The predicted molar refractivity (Wildman–Crippen MR) is 91.7 cm³/mol. The van der Waals surface area contributed by atoms with Crippen LogP contribution < -0.4 is 10.6 Å². The zero-order valence-corrected chi connectivity index (χ0v) is 13.9. The number of hydrogen-bond acceptors (Lipinski definition) is 2. The fourth-order valence-corrected chi connectivity index (χ4v) is 3.17. The number of fused-ring (bicyclic) bond motifs is 1. The van der Waals surface area contributed by atoms with E-state index in [4.69, 9.17) is 4.74 Å². The summed E-state index contributed by atoms with van der Waals surface area (Å²) in [6.45, 7) is 4.22. The lowest BCUT2D eigenvalue weighted by Gasteiger charge is -2.23. The standard InChI is InChI=1S/C18H25N3O2/c1-13-3-4-16-14(12-21(2)17(16)11-13)5-8-19-18(22)20-15-6-9-23-10-7-15/h3-4,11-12,15H,5-10H2,1-2H3,(H2,19,20,22). The van der Waals surface area contributed by atoms with Gasteiger partial charge < -0.3 is 19.9 Å². The van der Waals surface area contributed by atoms with Crippen molar-refractivity contribution in [3.63, 3.8) is 0 Å². The highest BCUT2D eigenvalue weighted by Gasteiger charge is 2.15. The van der Waals surface area contributed by atoms with Crippen LogP contribution in [0, 0.1) is 6.92 Å². The number of carbonyl (C=O) groups excluding carboxylic acids is 1. The minimum absolute atomic E-state index is 0.0759. The number of amides is 2. The maximum Gasteiger partial charge on any atom is 0.315 e. The van der Waals surface area contributed by atoms with Crippen molar-refractivity contribution in [2.24, 2.45) is 7.05 Å². The van der Waals surface area contributed by atoms with Gasteiger partial charge in [-0.25, -0.2) is 4.79 Å². The van der Waals surface area contributed by atoms with Gasteiger partial charge in [0.2, 0.25) is 0 Å². The smallest absolute Gasteiger partial charge is 0.315 e. The van der Waals surface area contributed by atoms with E-state index < -0.39 is 0 Å². The Balaban J connectivity index is 1.53. The van der Waals surface area contributed by atoms with Crippen molar-refractivity contribution < 1.29 is 9.53 Å². The lowest BCUT2D eigenvalue weighted by Crippen LogP contribution is -2.44. The van der Waals surface area contributed by atoms with Gasteiger partial charge in [0.1, 0.15) is 0 Å². The van der Waals surface area contributed by atoms with Crippen molar-refractivity contribution in [3.05, 3.63) is 35.5 Å². The minimum atomic E-state index is -0.0759. The molecule has 0 unspecified atom stereocenters. The Morgan fingerprint density at radius 1 is 1.35 bits per heavy atom. The van der Waals surface area contributed by atoms with Crippen LogP contribution in [0.5, 0.6) is 0 Å². The van der Waals surface area contributed by atoms with Crippen LogP contribution in [0.4, 0.5) is 4.79 Å². The number of nitrogens with one attached hydrogen (secondary N) is 2. The first-order chi connectivity index (χ1) is 11.1. The Kier molecular flexibility index (Phi) is 4.86. The number of aryl methyl sites for hydroxylation is 2. The largest absolute Gasteiger partial charge is 0.381 e. The van der Waals surface area contributed by atoms with E-state index in [9.17, 15) is 4.79 Å². The summed E-state index contributed by atoms with van der Waals surface area (Å²) in [5, 5.41) is 7.25. The third kappa shape index (κ3) is 3.85. The van der Waals surface area contributed by atoms with Gasteiger partial charge in [-0.2, -0.15) is 0 Å². The quantitative estimate of drug-likeness (QED) is 0.911. The summed E-state index contributed by atoms with van der Waals surface area (Å²) in [4.78, 5) is 11.9. The lowest BCUT2D eigenvalue weighted by molar-refractivity contribution is 0.0801. The maximum absolute atomic E-state index is 11.9. The SMILES string of the molecule is Cc1ccc2c(CCNC(=O)NC3CCOCC3)cn(C)c2c1. The molecule has 5 heteroatoms. The number of nitrogens with zero attached hydrogens (tertiary/aromatic N) is 1. The average Bonchev–Trinajstić information content (AvgIpc) is 2.84. The number of benzene rings is 1. The molecule has 23 heavy (non-hydrogen) atoms. The van der Waals surface area contributed by atoms with Crippen LogP contribution in [0.2, 0.25) is 0 Å². The molecule has 1 aliphatic heterocycles. The zero-order valence-electron chi connectivity index (χ0n) is 13.9. The van der Waals surface area contributed by atoms with Gasteiger partial charge >= 0.3 is 6.03 Å². The van der Waals surface area contributed by atoms with Gasteiger partial charge in [0.15, 0.2) is 0 Å². The summed E-state index contributed by atoms with van der Waals surface area (Å²) in [5.41, 5.74) is 3.78. The second kappa shape index (κ2) is 7.04. The molecule has 2 N–H and O–H groups in total. The Morgan fingerprint density at radius 2 is 2.13 bits per heavy atom. The van der Waals surface area contributed by atoms with E-state index in [0.29, 0.717) is 6.54 Å². The minimum Gasteiger partial charge on any atom is -0.381 e. The molecule has 1 aromatic heterocycles. The molecule has 2 aromatic rings. The van der Waals surface area contributed by atoms with Crippen LogP contribution in [-0.4, -0.2) is 36.4 Å². The molecular weight excluding hydrogens is 290 g/mol. The fraction of sp³-hybridized carbons (Fsp3) is 0.500. The molecule has 2 amide bonds. The zero-order chi connectivity index (χ0) is 16.2. The molecule has 1 fully saturated rings. The fourth-order valence-electron chi connectivity index (χ4n) is 3.17. The van der Waals surface area contributed by atoms with Crippen molar-refractivity contribution in [2.45, 2.75) is 32.2 Å². The Labute approximate surface area is 137 Å². The summed E-state index contributed by atoms with van der Waals surface area (Å²) >= 11 is 0. The summed E-state index contributed by atoms with van der Waals surface area (Å²) in [6.07, 6.45) is 4.79. The molecule has 0 bridgehead atoms. The number of urea groups is 1. The molecule has 1 aromatic carbocycles. The molecule has 0 spiro atoms. The van der Waals surface area contributed by atoms with Crippen LogP contribution in [0.25, 0.3) is 10.9 Å². The molecule has 3 rings (SSSR count). The molecular formula is C18H25N3O2. The Bertz CT molecular complexity index is 687. The number of rotatable bonds is 4. The summed E-state index contributed by atoms with van der Waals surface area (Å²) in [7, 11) is 2.07. The highest BCUT2D eigenvalue weighted by atomic mass is 16.5. The van der Waals surface area contributed by atoms with E-state index in [2.05, 4.69) is 53.6 Å². The van der Waals surface area contributed by atoms with Crippen LogP contribution in [-0.2, 0) is 18.2 Å². The van der Waals surface area contributed by atoms with Crippen LogP contribution in [0.1, 0.15) is 24.0 Å². The highest BCUT2D eigenvalue weighted by Crippen LogP contribution is 2.22. The van der Waals surface area contributed by atoms with Gasteiger partial charge in [-0.15, -0.1) is 0 Å². The first-order valence-corrected chi connectivity index (χ1v) is 8.30. The van der Waals surface area contributed by atoms with Crippen molar-refractivity contribution in [1.29, 1.82) is 0 Å². The van der Waals surface area contributed by atoms with Gasteiger partial charge in [0.05, 0.1) is 0 Å². The van der Waals surface area contributed by atoms with Gasteiger partial charge in [0.25, 0.3) is 0 Å². The molecule has 2 heterocycles. The van der Waals surface area contributed by atoms with Crippen molar-refractivity contribution in [2.75, 3.05) is 19.8 Å². The molecule has 0 saturated carbocycles. The number of hydrogen-bond donors (Lipinski definition) is 2. The molecule has 124 valence electrons. The van der Waals surface area contributed by atoms with Gasteiger partial charge in [0, 0.05) is 49.9 Å². The molecule has 1 saturated heterocycles. The Hall–Kier alpha value is -2.01. The van der Waals surface area contributed by atoms with E-state index >= 15 is 0 Å². The second-order valence-corrected chi connectivity index (χ2v) is 6.32. The van der Waals surface area contributed by atoms with Crippen molar-refractivity contribution >= 4 is 16.9 Å². The van der Waals surface area contributed by atoms with Crippen LogP contribution in [0.3, 0.4) is 0 Å². The first kappa shape index (κ1) is 15.9. The number of carbonyl (C=O) groups is 1. The number of aromatic nitrogens is 1. The van der Waals surface area contributed by atoms with Gasteiger partial charge in [-0.05, 0) is 43.4 Å². The first-order valence-electron chi connectivity index (χ1n) is 8.30. The average molecular weight is 315 g/mol. The topological polar surface area (TPSA) is 55.3 Å². The molecule has 5 nitrogen and oxygen atoms in total. The molecule has 0 aliphatic carbocycles. The third-order valence-electron chi connectivity index (χ3n) is 4.47. The lowest BCUT2D eigenvalue weighted by atomic mass is 10.1.